The van der Waals surface area contributed by atoms with Gasteiger partial charge < -0.3 is 14.0 Å². The monoisotopic (exact) mass is 398 g/mol. The van der Waals surface area contributed by atoms with Gasteiger partial charge in [0.2, 0.25) is 0 Å². The summed E-state index contributed by atoms with van der Waals surface area (Å²) in [5.74, 6) is 0. The number of ether oxygens (including phenoxy) is 1. The number of fused-ring (bicyclic) bond motifs is 1. The highest BCUT2D eigenvalue weighted by Crippen LogP contribution is 2.41. The molecule has 3 rings (SSSR count). The molecule has 0 aliphatic carbocycles. The van der Waals surface area contributed by atoms with Crippen LogP contribution >= 0.6 is 0 Å². The van der Waals surface area contributed by atoms with Gasteiger partial charge in [-0.3, -0.25) is 0 Å². The van der Waals surface area contributed by atoms with E-state index in [2.05, 4.69) is 0 Å². The van der Waals surface area contributed by atoms with Gasteiger partial charge in [0.15, 0.2) is 0 Å². The average molecular weight is 398 g/mol. The van der Waals surface area contributed by atoms with Crippen molar-refractivity contribution in [2.45, 2.75) is 71.7 Å². The third-order valence-corrected chi connectivity index (χ3v) is 5.75. The summed E-state index contributed by atoms with van der Waals surface area (Å²) in [6.07, 6.45) is 0.432. The van der Waals surface area contributed by atoms with Gasteiger partial charge in [0.1, 0.15) is 5.73 Å². The van der Waals surface area contributed by atoms with Crippen LogP contribution in [0.3, 0.4) is 0 Å². The second kappa shape index (κ2) is 7.86. The first-order valence-corrected chi connectivity index (χ1v) is 10.3. The highest BCUT2D eigenvalue weighted by atomic mass is 19.1. The predicted octanol–water partition coefficient (Wildman–Crippen LogP) is 6.36. The lowest BCUT2D eigenvalue weighted by atomic mass is 9.81. The van der Waals surface area contributed by atoms with Gasteiger partial charge >= 0.3 is 7.12 Å². The van der Waals surface area contributed by atoms with Crippen molar-refractivity contribution < 1.29 is 18.4 Å². The summed E-state index contributed by atoms with van der Waals surface area (Å²) in [6.45, 7) is 14.1. The van der Waals surface area contributed by atoms with Crippen LogP contribution in [0.1, 0.15) is 60.5 Å². The van der Waals surface area contributed by atoms with E-state index >= 15 is 4.39 Å². The molecular formula is C24H32BFO3. The van der Waals surface area contributed by atoms with Gasteiger partial charge in [0, 0.05) is 0 Å². The van der Waals surface area contributed by atoms with Crippen LogP contribution in [0.2, 0.25) is 0 Å². The predicted molar refractivity (Wildman–Crippen MR) is 118 cm³/mol. The maximum atomic E-state index is 15.9. The van der Waals surface area contributed by atoms with E-state index in [9.17, 15) is 0 Å². The molecular weight excluding hydrogens is 366 g/mol. The lowest BCUT2D eigenvalue weighted by molar-refractivity contribution is 0.000571. The lowest BCUT2D eigenvalue weighted by Crippen LogP contribution is -2.41. The minimum Gasteiger partial charge on any atom is -0.398 e. The zero-order valence-corrected chi connectivity index (χ0v) is 18.6. The van der Waals surface area contributed by atoms with Crippen LogP contribution in [0.5, 0.6) is 0 Å². The fraction of sp³-hybridized carbons (Fsp3) is 0.500. The molecule has 0 amide bonds. The molecule has 0 atom stereocenters. The Hall–Kier alpha value is -1.69. The van der Waals surface area contributed by atoms with E-state index in [0.717, 1.165) is 16.3 Å². The number of hydrogen-bond donors (Lipinski definition) is 0. The van der Waals surface area contributed by atoms with E-state index in [0.29, 0.717) is 18.6 Å². The van der Waals surface area contributed by atoms with Crippen LogP contribution in [-0.4, -0.2) is 30.5 Å². The molecule has 0 N–H and O–H groups in total. The third-order valence-electron chi connectivity index (χ3n) is 5.75. The molecule has 0 aromatic heterocycles. The zero-order chi connectivity index (χ0) is 21.4. The minimum atomic E-state index is -1.02. The van der Waals surface area contributed by atoms with Gasteiger partial charge in [-0.2, -0.15) is 0 Å². The fourth-order valence-electron chi connectivity index (χ4n) is 3.42. The molecule has 0 unspecified atom stereocenters. The summed E-state index contributed by atoms with van der Waals surface area (Å²) in [7, 11) is -1.02. The second-order valence-corrected chi connectivity index (χ2v) is 9.65. The standard InChI is InChI=1S/C24H32BFO3/c1-22(2,3)27-16-15-20(19-14-10-12-17-11-8-9-13-18(17)19)21(26)25-28-23(4,5)24(6,7)29-25/h8-14H,15-16H2,1-7H3. The summed E-state index contributed by atoms with van der Waals surface area (Å²) < 4.78 is 33.8. The minimum absolute atomic E-state index is 0.287. The molecule has 5 heteroatoms. The number of rotatable bonds is 5. The van der Waals surface area contributed by atoms with Crippen LogP contribution in [0.4, 0.5) is 4.39 Å². The Morgan fingerprint density at radius 1 is 0.966 bits per heavy atom. The first-order chi connectivity index (χ1) is 13.4. The van der Waals surface area contributed by atoms with Crippen molar-refractivity contribution in [2.75, 3.05) is 6.61 Å². The molecule has 1 aliphatic rings. The van der Waals surface area contributed by atoms with Crippen molar-refractivity contribution >= 4 is 23.5 Å². The Bertz CT molecular complexity index is 890. The lowest BCUT2D eigenvalue weighted by Gasteiger charge is -2.32. The van der Waals surface area contributed by atoms with Gasteiger partial charge in [-0.25, -0.2) is 4.39 Å². The molecule has 2 aromatic rings. The zero-order valence-electron chi connectivity index (χ0n) is 18.6. The largest absolute Gasteiger partial charge is 0.525 e. The SMILES string of the molecule is CC(C)(C)OCCC(=C(F)B1OC(C)(C)C(C)(C)O1)c1cccc2ccccc12. The van der Waals surface area contributed by atoms with Crippen molar-refractivity contribution in [3.63, 3.8) is 0 Å². The van der Waals surface area contributed by atoms with Gasteiger partial charge in [-0.15, -0.1) is 0 Å². The molecule has 156 valence electrons. The van der Waals surface area contributed by atoms with E-state index in [1.807, 2.05) is 90.9 Å². The van der Waals surface area contributed by atoms with Gasteiger partial charge in [0.25, 0.3) is 0 Å². The maximum absolute atomic E-state index is 15.9. The number of hydrogen-bond acceptors (Lipinski definition) is 3. The first kappa shape index (κ1) is 22.0. The number of halogens is 1. The fourth-order valence-corrected chi connectivity index (χ4v) is 3.42. The highest BCUT2D eigenvalue weighted by molar-refractivity contribution is 6.55. The number of benzene rings is 2. The van der Waals surface area contributed by atoms with E-state index < -0.39 is 18.3 Å². The van der Waals surface area contributed by atoms with E-state index in [1.54, 1.807) is 0 Å². The third kappa shape index (κ3) is 4.74. The molecule has 0 bridgehead atoms. The van der Waals surface area contributed by atoms with Crippen molar-refractivity contribution in [3.05, 3.63) is 53.8 Å². The van der Waals surface area contributed by atoms with Crippen molar-refractivity contribution in [1.82, 2.24) is 0 Å². The molecule has 2 aromatic carbocycles. The maximum Gasteiger partial charge on any atom is 0.525 e. The van der Waals surface area contributed by atoms with Gasteiger partial charge in [0.05, 0.1) is 23.4 Å². The van der Waals surface area contributed by atoms with Crippen LogP contribution in [0, 0.1) is 0 Å². The molecule has 3 nitrogen and oxygen atoms in total. The van der Waals surface area contributed by atoms with Crippen LogP contribution in [-0.2, 0) is 14.0 Å². The topological polar surface area (TPSA) is 27.7 Å². The van der Waals surface area contributed by atoms with Gasteiger partial charge in [-0.1, -0.05) is 42.5 Å². The molecule has 0 spiro atoms. The summed E-state index contributed by atoms with van der Waals surface area (Å²) in [5.41, 5.74) is -0.429. The highest BCUT2D eigenvalue weighted by Gasteiger charge is 2.53. The Balaban J connectivity index is 2.04. The Kier molecular flexibility index (Phi) is 5.97. The Morgan fingerprint density at radius 3 is 2.17 bits per heavy atom. The summed E-state index contributed by atoms with van der Waals surface area (Å²) in [6, 6.07) is 14.0. The van der Waals surface area contributed by atoms with Crippen molar-refractivity contribution in [2.24, 2.45) is 0 Å². The quantitative estimate of drug-likeness (QED) is 0.549. The summed E-state index contributed by atoms with van der Waals surface area (Å²) in [5, 5.41) is 2.08. The summed E-state index contributed by atoms with van der Waals surface area (Å²) in [4.78, 5) is 0. The summed E-state index contributed by atoms with van der Waals surface area (Å²) >= 11 is 0. The molecule has 1 saturated heterocycles. The van der Waals surface area contributed by atoms with Crippen molar-refractivity contribution in [1.29, 1.82) is 0 Å². The molecule has 0 radical (unpaired) electrons. The van der Waals surface area contributed by atoms with E-state index in [4.69, 9.17) is 14.0 Å². The molecule has 0 saturated carbocycles. The smallest absolute Gasteiger partial charge is 0.398 e. The Morgan fingerprint density at radius 2 is 1.55 bits per heavy atom. The first-order valence-electron chi connectivity index (χ1n) is 10.3. The van der Waals surface area contributed by atoms with Gasteiger partial charge in [-0.05, 0) is 76.8 Å². The molecule has 29 heavy (non-hydrogen) atoms. The molecule has 1 aliphatic heterocycles. The molecule has 1 heterocycles. The van der Waals surface area contributed by atoms with E-state index in [-0.39, 0.29) is 11.3 Å². The van der Waals surface area contributed by atoms with E-state index in [1.165, 1.54) is 0 Å². The molecule has 1 fully saturated rings. The van der Waals surface area contributed by atoms with Crippen molar-refractivity contribution in [3.8, 4) is 0 Å². The van der Waals surface area contributed by atoms with Crippen LogP contribution in [0.25, 0.3) is 16.3 Å². The Labute approximate surface area is 174 Å². The second-order valence-electron chi connectivity index (χ2n) is 9.65. The van der Waals surface area contributed by atoms with Crippen LogP contribution < -0.4 is 0 Å². The normalized spacial score (nSPS) is 19.5. The average Bonchev–Trinajstić information content (AvgIpc) is 2.85. The van der Waals surface area contributed by atoms with Crippen LogP contribution in [0.15, 0.2) is 48.2 Å².